The number of benzene rings is 1. The number of phenolic OH excluding ortho intramolecular Hbond substituents is 1. The average Bonchev–Trinajstić information content (AvgIpc) is 2.71. The number of nitrogens with zero attached hydrogens (tertiary/aromatic N) is 2. The second-order valence-electron chi connectivity index (χ2n) is 8.05. The van der Waals surface area contributed by atoms with Gasteiger partial charge in [0.15, 0.2) is 0 Å². The first kappa shape index (κ1) is 21.0. The molecule has 3 atom stereocenters. The third-order valence-electron chi connectivity index (χ3n) is 5.58. The number of amides is 1. The number of methoxy groups -OCH3 is 2. The van der Waals surface area contributed by atoms with Crippen LogP contribution in [0.1, 0.15) is 43.7 Å². The van der Waals surface area contributed by atoms with Crippen LogP contribution in [0.3, 0.4) is 0 Å². The molecule has 156 valence electrons. The number of rotatable bonds is 6. The first-order valence-corrected chi connectivity index (χ1v) is 10.1. The molecule has 3 rings (SSSR count). The van der Waals surface area contributed by atoms with Crippen molar-refractivity contribution in [2.45, 2.75) is 32.6 Å². The summed E-state index contributed by atoms with van der Waals surface area (Å²) in [7, 11) is 3.09. The van der Waals surface area contributed by atoms with Crippen molar-refractivity contribution in [2.24, 2.45) is 11.8 Å². The third-order valence-corrected chi connectivity index (χ3v) is 5.58. The molecule has 2 heterocycles. The van der Waals surface area contributed by atoms with Crippen molar-refractivity contribution in [1.82, 2.24) is 9.88 Å². The van der Waals surface area contributed by atoms with E-state index in [-0.39, 0.29) is 24.0 Å². The van der Waals surface area contributed by atoms with Crippen LogP contribution in [-0.4, -0.2) is 48.2 Å². The molecule has 1 aliphatic heterocycles. The van der Waals surface area contributed by atoms with Gasteiger partial charge in [-0.15, -0.1) is 0 Å². The zero-order chi connectivity index (χ0) is 21.0. The van der Waals surface area contributed by atoms with Crippen molar-refractivity contribution in [1.29, 1.82) is 0 Å². The number of hydrogen-bond donors (Lipinski definition) is 1. The predicted molar refractivity (Wildman–Crippen MR) is 111 cm³/mol. The van der Waals surface area contributed by atoms with E-state index in [4.69, 9.17) is 9.47 Å². The molecule has 0 aliphatic carbocycles. The lowest BCUT2D eigenvalue weighted by Crippen LogP contribution is -2.43. The first-order chi connectivity index (χ1) is 13.9. The van der Waals surface area contributed by atoms with E-state index in [1.807, 2.05) is 17.0 Å². The van der Waals surface area contributed by atoms with Gasteiger partial charge in [-0.3, -0.25) is 9.78 Å². The summed E-state index contributed by atoms with van der Waals surface area (Å²) in [5.74, 6) is 1.72. The highest BCUT2D eigenvalue weighted by Crippen LogP contribution is 2.43. The van der Waals surface area contributed by atoms with E-state index in [1.54, 1.807) is 31.6 Å². The highest BCUT2D eigenvalue weighted by atomic mass is 16.5. The standard InChI is InChI=1S/C23H30N2O4/c1-15-8-16(2)14-25(13-15)22(27)11-19(17-6-5-7-24-12-17)23-20(26)9-18(28-3)10-21(23)29-4/h5-7,9-10,12,15-16,19,26H,8,11,13-14H2,1-4H3. The summed E-state index contributed by atoms with van der Waals surface area (Å²) in [6.07, 6.45) is 4.81. The number of carbonyl (C=O) groups is 1. The van der Waals surface area contributed by atoms with Gasteiger partial charge in [0.1, 0.15) is 17.2 Å². The minimum absolute atomic E-state index is 0.0447. The molecular formula is C23H30N2O4. The molecule has 1 aliphatic rings. The fourth-order valence-electron chi connectivity index (χ4n) is 4.36. The van der Waals surface area contributed by atoms with Crippen LogP contribution in [0.4, 0.5) is 0 Å². The molecule has 1 amide bonds. The predicted octanol–water partition coefficient (Wildman–Crippen LogP) is 3.83. The number of phenols is 1. The quantitative estimate of drug-likeness (QED) is 0.801. The van der Waals surface area contributed by atoms with Crippen LogP contribution in [0.25, 0.3) is 0 Å². The van der Waals surface area contributed by atoms with Crippen molar-refractivity contribution in [3.8, 4) is 17.2 Å². The van der Waals surface area contributed by atoms with Crippen molar-refractivity contribution >= 4 is 5.91 Å². The lowest BCUT2D eigenvalue weighted by atomic mass is 9.86. The Bertz CT molecular complexity index is 830. The molecule has 2 aromatic rings. The van der Waals surface area contributed by atoms with E-state index in [2.05, 4.69) is 18.8 Å². The summed E-state index contributed by atoms with van der Waals surface area (Å²) in [4.78, 5) is 19.4. The molecule has 6 nitrogen and oxygen atoms in total. The van der Waals surface area contributed by atoms with Gasteiger partial charge in [0.25, 0.3) is 0 Å². The van der Waals surface area contributed by atoms with Gasteiger partial charge in [0, 0.05) is 55.5 Å². The Morgan fingerprint density at radius 3 is 2.55 bits per heavy atom. The Kier molecular flexibility index (Phi) is 6.62. The minimum Gasteiger partial charge on any atom is -0.507 e. The van der Waals surface area contributed by atoms with Gasteiger partial charge in [-0.1, -0.05) is 19.9 Å². The summed E-state index contributed by atoms with van der Waals surface area (Å²) >= 11 is 0. The van der Waals surface area contributed by atoms with Crippen LogP contribution in [-0.2, 0) is 4.79 Å². The molecule has 1 aromatic carbocycles. The van der Waals surface area contributed by atoms with Crippen LogP contribution < -0.4 is 9.47 Å². The maximum absolute atomic E-state index is 13.2. The van der Waals surface area contributed by atoms with E-state index in [0.29, 0.717) is 28.9 Å². The van der Waals surface area contributed by atoms with Gasteiger partial charge in [-0.05, 0) is 29.9 Å². The van der Waals surface area contributed by atoms with Crippen molar-refractivity contribution in [3.05, 3.63) is 47.8 Å². The summed E-state index contributed by atoms with van der Waals surface area (Å²) in [6.45, 7) is 5.92. The molecule has 1 fully saturated rings. The highest BCUT2D eigenvalue weighted by molar-refractivity contribution is 5.78. The van der Waals surface area contributed by atoms with E-state index < -0.39 is 0 Å². The Morgan fingerprint density at radius 1 is 1.24 bits per heavy atom. The van der Waals surface area contributed by atoms with E-state index in [0.717, 1.165) is 25.1 Å². The first-order valence-electron chi connectivity index (χ1n) is 10.1. The number of likely N-dealkylation sites (tertiary alicyclic amines) is 1. The monoisotopic (exact) mass is 398 g/mol. The van der Waals surface area contributed by atoms with E-state index in [9.17, 15) is 9.90 Å². The lowest BCUT2D eigenvalue weighted by Gasteiger charge is -2.36. The lowest BCUT2D eigenvalue weighted by molar-refractivity contribution is -0.134. The smallest absolute Gasteiger partial charge is 0.223 e. The number of pyridine rings is 1. The van der Waals surface area contributed by atoms with Gasteiger partial charge in [-0.2, -0.15) is 0 Å². The van der Waals surface area contributed by atoms with Gasteiger partial charge < -0.3 is 19.5 Å². The summed E-state index contributed by atoms with van der Waals surface area (Å²) in [5, 5.41) is 10.8. The topological polar surface area (TPSA) is 71.9 Å². The summed E-state index contributed by atoms with van der Waals surface area (Å²) < 4.78 is 10.8. The van der Waals surface area contributed by atoms with Crippen LogP contribution in [0.15, 0.2) is 36.7 Å². The molecule has 1 aromatic heterocycles. The Balaban J connectivity index is 1.98. The van der Waals surface area contributed by atoms with Gasteiger partial charge >= 0.3 is 0 Å². The van der Waals surface area contributed by atoms with E-state index in [1.165, 1.54) is 7.11 Å². The summed E-state index contributed by atoms with van der Waals surface area (Å²) in [5.41, 5.74) is 1.44. The Labute approximate surface area is 172 Å². The molecule has 0 saturated carbocycles. The number of ether oxygens (including phenoxy) is 2. The normalized spacial score (nSPS) is 20.2. The molecular weight excluding hydrogens is 368 g/mol. The van der Waals surface area contributed by atoms with Crippen molar-refractivity contribution < 1.29 is 19.4 Å². The average molecular weight is 399 g/mol. The molecule has 0 spiro atoms. The molecule has 0 bridgehead atoms. The van der Waals surface area contributed by atoms with Crippen LogP contribution >= 0.6 is 0 Å². The molecule has 6 heteroatoms. The zero-order valence-electron chi connectivity index (χ0n) is 17.6. The SMILES string of the molecule is COc1cc(O)c(C(CC(=O)N2CC(C)CC(C)C2)c2cccnc2)c(OC)c1. The third kappa shape index (κ3) is 4.81. The van der Waals surface area contributed by atoms with Gasteiger partial charge in [0.2, 0.25) is 5.91 Å². The fraction of sp³-hybridized carbons (Fsp3) is 0.478. The number of hydrogen-bond acceptors (Lipinski definition) is 5. The van der Waals surface area contributed by atoms with Gasteiger partial charge in [0.05, 0.1) is 14.2 Å². The van der Waals surface area contributed by atoms with Crippen LogP contribution in [0, 0.1) is 11.8 Å². The largest absolute Gasteiger partial charge is 0.507 e. The molecule has 1 saturated heterocycles. The molecule has 0 radical (unpaired) electrons. The van der Waals surface area contributed by atoms with Crippen molar-refractivity contribution in [2.75, 3.05) is 27.3 Å². The van der Waals surface area contributed by atoms with Crippen molar-refractivity contribution in [3.63, 3.8) is 0 Å². The minimum atomic E-state index is -0.371. The Hall–Kier alpha value is -2.76. The molecule has 29 heavy (non-hydrogen) atoms. The fourth-order valence-corrected chi connectivity index (χ4v) is 4.36. The van der Waals surface area contributed by atoms with E-state index >= 15 is 0 Å². The number of piperidine rings is 1. The second kappa shape index (κ2) is 9.16. The molecule has 3 unspecified atom stereocenters. The highest BCUT2D eigenvalue weighted by Gasteiger charge is 2.31. The maximum atomic E-state index is 13.2. The Morgan fingerprint density at radius 2 is 1.97 bits per heavy atom. The zero-order valence-corrected chi connectivity index (χ0v) is 17.6. The van der Waals surface area contributed by atoms with Gasteiger partial charge in [-0.25, -0.2) is 0 Å². The number of carbonyl (C=O) groups excluding carboxylic acids is 1. The van der Waals surface area contributed by atoms with Crippen LogP contribution in [0.5, 0.6) is 17.2 Å². The summed E-state index contributed by atoms with van der Waals surface area (Å²) in [6, 6.07) is 7.05. The second-order valence-corrected chi connectivity index (χ2v) is 8.05. The van der Waals surface area contributed by atoms with Crippen LogP contribution in [0.2, 0.25) is 0 Å². The number of aromatic nitrogens is 1. The maximum Gasteiger partial charge on any atom is 0.223 e. The molecule has 1 N–H and O–H groups in total. The number of aromatic hydroxyl groups is 1.